The Kier molecular flexibility index (Phi) is 3.70. The van der Waals surface area contributed by atoms with Gasteiger partial charge in [-0.05, 0) is 12.1 Å². The molecule has 14 heavy (non-hydrogen) atoms. The number of alkyl halides is 3. The first-order valence-corrected chi connectivity index (χ1v) is 3.14. The van der Waals surface area contributed by atoms with Crippen molar-refractivity contribution in [3.63, 3.8) is 0 Å². The second-order valence-corrected chi connectivity index (χ2v) is 2.35. The van der Waals surface area contributed by atoms with E-state index < -0.39 is 29.1 Å². The summed E-state index contributed by atoms with van der Waals surface area (Å²) >= 11 is 0. The molecule has 1 aromatic carbocycles. The van der Waals surface area contributed by atoms with Crippen LogP contribution in [0.15, 0.2) is 12.1 Å². The second kappa shape index (κ2) is 4.00. The van der Waals surface area contributed by atoms with E-state index in [-0.39, 0.29) is 24.5 Å². The molecule has 0 unspecified atom stereocenters. The first kappa shape index (κ1) is 13.0. The molecule has 0 radical (unpaired) electrons. The van der Waals surface area contributed by atoms with Gasteiger partial charge < -0.3 is 5.73 Å². The van der Waals surface area contributed by atoms with Gasteiger partial charge in [0.2, 0.25) is 0 Å². The molecule has 0 saturated carbocycles. The molecule has 1 rings (SSSR count). The Balaban J connectivity index is 0.00000169. The minimum absolute atomic E-state index is 0. The lowest BCUT2D eigenvalue weighted by molar-refractivity contribution is -0.137. The number of benzene rings is 1. The van der Waals surface area contributed by atoms with Crippen LogP contribution in [0.2, 0.25) is 0 Å². The summed E-state index contributed by atoms with van der Waals surface area (Å²) in [5, 5.41) is 0. The van der Waals surface area contributed by atoms with Gasteiger partial charge in [-0.15, -0.1) is 12.4 Å². The predicted molar refractivity (Wildman–Crippen MR) is 43.0 cm³/mol. The maximum Gasteiger partial charge on any atom is 0.416 e. The van der Waals surface area contributed by atoms with Crippen LogP contribution in [-0.4, -0.2) is 0 Å². The van der Waals surface area contributed by atoms with E-state index in [0.29, 0.717) is 0 Å². The third kappa shape index (κ3) is 2.47. The number of halogens is 6. The highest BCUT2D eigenvalue weighted by Gasteiger charge is 2.32. The van der Waals surface area contributed by atoms with Crippen molar-refractivity contribution in [3.8, 4) is 0 Å². The molecule has 80 valence electrons. The van der Waals surface area contributed by atoms with Gasteiger partial charge in [-0.3, -0.25) is 0 Å². The van der Waals surface area contributed by atoms with Gasteiger partial charge in [-0.1, -0.05) is 0 Å². The van der Waals surface area contributed by atoms with Crippen molar-refractivity contribution < 1.29 is 22.0 Å². The molecule has 0 heterocycles. The Morgan fingerprint density at radius 2 is 1.36 bits per heavy atom. The van der Waals surface area contributed by atoms with E-state index in [4.69, 9.17) is 5.73 Å². The molecule has 7 heteroatoms. The summed E-state index contributed by atoms with van der Waals surface area (Å²) in [6.07, 6.45) is -4.77. The maximum atomic E-state index is 12.5. The number of hydrogen-bond donors (Lipinski definition) is 1. The molecule has 0 fully saturated rings. The monoisotopic (exact) mass is 233 g/mol. The van der Waals surface area contributed by atoms with Gasteiger partial charge >= 0.3 is 6.18 Å². The molecule has 0 aliphatic rings. The number of nitrogens with two attached hydrogens (primary N) is 1. The van der Waals surface area contributed by atoms with Crippen molar-refractivity contribution in [3.05, 3.63) is 29.3 Å². The molecular formula is C7H5ClF5N. The molecule has 1 nitrogen and oxygen atoms in total. The van der Waals surface area contributed by atoms with E-state index in [1.165, 1.54) is 0 Å². The molecule has 0 aliphatic carbocycles. The minimum atomic E-state index is -4.77. The fourth-order valence-electron chi connectivity index (χ4n) is 0.748. The van der Waals surface area contributed by atoms with Crippen LogP contribution in [-0.2, 0) is 6.18 Å². The Hall–Kier alpha value is -1.04. The quantitative estimate of drug-likeness (QED) is 0.541. The van der Waals surface area contributed by atoms with E-state index in [9.17, 15) is 22.0 Å². The standard InChI is InChI=1S/C7H4F5N.ClH/c8-4-1-3(7(10,11)12)2-5(9)6(4)13;/h1-2H,13H2;1H. The van der Waals surface area contributed by atoms with Crippen LogP contribution in [0.25, 0.3) is 0 Å². The zero-order chi connectivity index (χ0) is 10.2. The smallest absolute Gasteiger partial charge is 0.394 e. The number of hydrogen-bond acceptors (Lipinski definition) is 1. The predicted octanol–water partition coefficient (Wildman–Crippen LogP) is 2.99. The van der Waals surface area contributed by atoms with E-state index in [2.05, 4.69) is 0 Å². The SMILES string of the molecule is Cl.Nc1c(F)cc(C(F)(F)F)cc1F. The summed E-state index contributed by atoms with van der Waals surface area (Å²) in [6, 6.07) is 0.302. The van der Waals surface area contributed by atoms with E-state index >= 15 is 0 Å². The van der Waals surface area contributed by atoms with Crippen LogP contribution in [0.1, 0.15) is 5.56 Å². The largest absolute Gasteiger partial charge is 0.416 e. The van der Waals surface area contributed by atoms with Gasteiger partial charge in [0.25, 0.3) is 0 Å². The van der Waals surface area contributed by atoms with Crippen LogP contribution < -0.4 is 5.73 Å². The number of nitrogen functional groups attached to an aromatic ring is 1. The molecule has 0 bridgehead atoms. The van der Waals surface area contributed by atoms with Gasteiger partial charge in [0.1, 0.15) is 17.3 Å². The number of anilines is 1. The van der Waals surface area contributed by atoms with Crippen LogP contribution in [0, 0.1) is 11.6 Å². The van der Waals surface area contributed by atoms with Crippen molar-refractivity contribution >= 4 is 18.1 Å². The average molecular weight is 234 g/mol. The molecule has 0 spiro atoms. The maximum absolute atomic E-state index is 12.5. The first-order valence-electron chi connectivity index (χ1n) is 3.14. The van der Waals surface area contributed by atoms with E-state index in [1.54, 1.807) is 0 Å². The lowest BCUT2D eigenvalue weighted by atomic mass is 10.2. The van der Waals surface area contributed by atoms with Crippen LogP contribution in [0.4, 0.5) is 27.6 Å². The van der Waals surface area contributed by atoms with Crippen molar-refractivity contribution in [2.75, 3.05) is 5.73 Å². The number of rotatable bonds is 0. The third-order valence-electron chi connectivity index (χ3n) is 1.41. The Bertz CT molecular complexity index is 312. The topological polar surface area (TPSA) is 26.0 Å². The van der Waals surface area contributed by atoms with Gasteiger partial charge in [-0.2, -0.15) is 13.2 Å². The molecule has 2 N–H and O–H groups in total. The third-order valence-corrected chi connectivity index (χ3v) is 1.41. The summed E-state index contributed by atoms with van der Waals surface area (Å²) in [7, 11) is 0. The fraction of sp³-hybridized carbons (Fsp3) is 0.143. The molecule has 0 saturated heterocycles. The van der Waals surface area contributed by atoms with Crippen LogP contribution in [0.5, 0.6) is 0 Å². The minimum Gasteiger partial charge on any atom is -0.394 e. The zero-order valence-corrected chi connectivity index (χ0v) is 7.35. The lowest BCUT2D eigenvalue weighted by Gasteiger charge is -2.07. The van der Waals surface area contributed by atoms with Crippen molar-refractivity contribution in [1.29, 1.82) is 0 Å². The second-order valence-electron chi connectivity index (χ2n) is 2.35. The summed E-state index contributed by atoms with van der Waals surface area (Å²) in [4.78, 5) is 0. The van der Waals surface area contributed by atoms with Crippen molar-refractivity contribution in [1.82, 2.24) is 0 Å². The van der Waals surface area contributed by atoms with Gasteiger partial charge in [0.15, 0.2) is 0 Å². The normalized spacial score (nSPS) is 10.9. The zero-order valence-electron chi connectivity index (χ0n) is 6.53. The van der Waals surface area contributed by atoms with Crippen LogP contribution >= 0.6 is 12.4 Å². The van der Waals surface area contributed by atoms with Crippen molar-refractivity contribution in [2.24, 2.45) is 0 Å². The molecule has 0 atom stereocenters. The summed E-state index contributed by atoms with van der Waals surface area (Å²) in [6.45, 7) is 0. The molecule has 0 amide bonds. The van der Waals surface area contributed by atoms with E-state index in [0.717, 1.165) is 0 Å². The summed E-state index contributed by atoms with van der Waals surface area (Å²) in [5.74, 6) is -2.82. The lowest BCUT2D eigenvalue weighted by Crippen LogP contribution is -2.08. The Labute approximate surface area is 82.1 Å². The molecule has 1 aromatic rings. The average Bonchev–Trinajstić information content (AvgIpc) is 1.97. The van der Waals surface area contributed by atoms with Gasteiger partial charge in [0, 0.05) is 0 Å². The Morgan fingerprint density at radius 3 is 1.64 bits per heavy atom. The van der Waals surface area contributed by atoms with E-state index in [1.807, 2.05) is 0 Å². The Morgan fingerprint density at radius 1 is 1.00 bits per heavy atom. The van der Waals surface area contributed by atoms with Crippen LogP contribution in [0.3, 0.4) is 0 Å². The van der Waals surface area contributed by atoms with Gasteiger partial charge in [0.05, 0.1) is 5.56 Å². The van der Waals surface area contributed by atoms with Gasteiger partial charge in [-0.25, -0.2) is 8.78 Å². The highest BCUT2D eigenvalue weighted by atomic mass is 35.5. The first-order chi connectivity index (χ1) is 5.82. The summed E-state index contributed by atoms with van der Waals surface area (Å²) < 4.78 is 60.7. The fourth-order valence-corrected chi connectivity index (χ4v) is 0.748. The molecule has 0 aliphatic heterocycles. The summed E-state index contributed by atoms with van der Waals surface area (Å²) in [5.41, 5.74) is 2.48. The molecule has 0 aromatic heterocycles. The highest BCUT2D eigenvalue weighted by Crippen LogP contribution is 2.31. The highest BCUT2D eigenvalue weighted by molar-refractivity contribution is 5.85. The molecular weight excluding hydrogens is 229 g/mol. The van der Waals surface area contributed by atoms with Crippen molar-refractivity contribution in [2.45, 2.75) is 6.18 Å².